The summed E-state index contributed by atoms with van der Waals surface area (Å²) in [4.78, 5) is 41.6. The summed E-state index contributed by atoms with van der Waals surface area (Å²) in [5.41, 5.74) is 1.04. The monoisotopic (exact) mass is 356 g/mol. The van der Waals surface area contributed by atoms with Crippen molar-refractivity contribution in [3.8, 4) is 0 Å². The maximum atomic E-state index is 12.4. The van der Waals surface area contributed by atoms with Gasteiger partial charge in [-0.15, -0.1) is 11.3 Å². The van der Waals surface area contributed by atoms with Gasteiger partial charge in [0.25, 0.3) is 11.5 Å². The van der Waals surface area contributed by atoms with Gasteiger partial charge in [-0.1, -0.05) is 18.2 Å². The number of nitrogens with one attached hydrogen (secondary N) is 2. The smallest absolute Gasteiger partial charge is 0.262 e. The van der Waals surface area contributed by atoms with E-state index in [0.29, 0.717) is 26.3 Å². The highest BCUT2D eigenvalue weighted by molar-refractivity contribution is 7.20. The number of anilines is 1. The van der Waals surface area contributed by atoms with Crippen molar-refractivity contribution in [1.29, 1.82) is 0 Å². The standard InChI is InChI=1S/C17H16N4O3S/c1-10-13-16(19-9-21(2)17(13)24)25-14(10)15(23)18-8-12(22)20-11-6-4-3-5-7-11/h3-7,9H,8H2,1-2H3,(H,18,23)(H,20,22). The third-order valence-corrected chi connectivity index (χ3v) is 4.88. The van der Waals surface area contributed by atoms with Gasteiger partial charge in [-0.2, -0.15) is 0 Å². The van der Waals surface area contributed by atoms with Gasteiger partial charge in [0.05, 0.1) is 23.1 Å². The second kappa shape index (κ2) is 6.86. The molecule has 1 aromatic carbocycles. The fraction of sp³-hybridized carbons (Fsp3) is 0.176. The number of amides is 2. The number of fused-ring (bicyclic) bond motifs is 1. The molecule has 0 fully saturated rings. The lowest BCUT2D eigenvalue weighted by atomic mass is 10.2. The van der Waals surface area contributed by atoms with Crippen LogP contribution in [-0.2, 0) is 11.8 Å². The van der Waals surface area contributed by atoms with E-state index in [1.54, 1.807) is 26.1 Å². The van der Waals surface area contributed by atoms with Crippen molar-refractivity contribution < 1.29 is 9.59 Å². The molecule has 3 aromatic rings. The van der Waals surface area contributed by atoms with Crippen LogP contribution in [0.4, 0.5) is 5.69 Å². The highest BCUT2D eigenvalue weighted by Gasteiger charge is 2.19. The predicted octanol–water partition coefficient (Wildman–Crippen LogP) is 1.67. The summed E-state index contributed by atoms with van der Waals surface area (Å²) in [6.07, 6.45) is 1.43. The Morgan fingerprint density at radius 2 is 1.96 bits per heavy atom. The van der Waals surface area contributed by atoms with E-state index < -0.39 is 5.91 Å². The molecular formula is C17H16N4O3S. The average molecular weight is 356 g/mol. The van der Waals surface area contributed by atoms with Crippen molar-refractivity contribution in [2.75, 3.05) is 11.9 Å². The molecule has 0 spiro atoms. The average Bonchev–Trinajstić information content (AvgIpc) is 2.94. The third-order valence-electron chi connectivity index (χ3n) is 3.68. The van der Waals surface area contributed by atoms with Crippen molar-refractivity contribution in [1.82, 2.24) is 14.9 Å². The normalized spacial score (nSPS) is 10.6. The lowest BCUT2D eigenvalue weighted by molar-refractivity contribution is -0.115. The summed E-state index contributed by atoms with van der Waals surface area (Å²) >= 11 is 1.14. The van der Waals surface area contributed by atoms with E-state index in [1.165, 1.54) is 10.9 Å². The molecule has 0 aliphatic rings. The van der Waals surface area contributed by atoms with Crippen molar-refractivity contribution in [3.63, 3.8) is 0 Å². The zero-order chi connectivity index (χ0) is 18.0. The van der Waals surface area contributed by atoms with Gasteiger partial charge < -0.3 is 15.2 Å². The van der Waals surface area contributed by atoms with Crippen LogP contribution in [0.1, 0.15) is 15.2 Å². The quantitative estimate of drug-likeness (QED) is 0.744. The Labute approximate surface area is 147 Å². The Balaban J connectivity index is 1.72. The maximum Gasteiger partial charge on any atom is 0.262 e. The van der Waals surface area contributed by atoms with Gasteiger partial charge in [0.1, 0.15) is 4.83 Å². The number of hydrogen-bond donors (Lipinski definition) is 2. The number of hydrogen-bond acceptors (Lipinski definition) is 5. The second-order valence-electron chi connectivity index (χ2n) is 5.49. The van der Waals surface area contributed by atoms with Crippen molar-refractivity contribution >= 4 is 39.1 Å². The van der Waals surface area contributed by atoms with Gasteiger partial charge in [0, 0.05) is 12.7 Å². The number of nitrogens with zero attached hydrogens (tertiary/aromatic N) is 2. The van der Waals surface area contributed by atoms with Gasteiger partial charge in [0.15, 0.2) is 0 Å². The van der Waals surface area contributed by atoms with Crippen molar-refractivity contribution in [3.05, 3.63) is 57.5 Å². The Hall–Kier alpha value is -3.00. The van der Waals surface area contributed by atoms with Gasteiger partial charge in [-0.25, -0.2) is 4.98 Å². The molecule has 0 aliphatic carbocycles. The SMILES string of the molecule is Cc1c(C(=O)NCC(=O)Nc2ccccc2)sc2ncn(C)c(=O)c12. The van der Waals surface area contributed by atoms with Crippen molar-refractivity contribution in [2.45, 2.75) is 6.92 Å². The van der Waals surface area contributed by atoms with Crippen LogP contribution < -0.4 is 16.2 Å². The van der Waals surface area contributed by atoms with Gasteiger partial charge in [0.2, 0.25) is 5.91 Å². The van der Waals surface area contributed by atoms with Gasteiger partial charge in [-0.3, -0.25) is 14.4 Å². The fourth-order valence-corrected chi connectivity index (χ4v) is 3.45. The summed E-state index contributed by atoms with van der Waals surface area (Å²) in [6.45, 7) is 1.55. The lowest BCUT2D eigenvalue weighted by Crippen LogP contribution is -2.32. The molecular weight excluding hydrogens is 340 g/mol. The maximum absolute atomic E-state index is 12.4. The van der Waals surface area contributed by atoms with Crippen LogP contribution in [0.25, 0.3) is 10.2 Å². The Kier molecular flexibility index (Phi) is 4.62. The number of thiophene rings is 1. The largest absolute Gasteiger partial charge is 0.342 e. The Morgan fingerprint density at radius 1 is 1.24 bits per heavy atom. The minimum atomic E-state index is -0.397. The predicted molar refractivity (Wildman–Crippen MR) is 97.0 cm³/mol. The van der Waals surface area contributed by atoms with Gasteiger partial charge in [-0.05, 0) is 24.6 Å². The number of carbonyl (C=O) groups is 2. The van der Waals surface area contributed by atoms with E-state index in [-0.39, 0.29) is 18.0 Å². The molecule has 0 bridgehead atoms. The van der Waals surface area contributed by atoms with E-state index in [2.05, 4.69) is 15.6 Å². The second-order valence-corrected chi connectivity index (χ2v) is 6.49. The molecule has 0 saturated heterocycles. The highest BCUT2D eigenvalue weighted by Crippen LogP contribution is 2.26. The number of aryl methyl sites for hydroxylation is 2. The summed E-state index contributed by atoms with van der Waals surface area (Å²) in [5, 5.41) is 5.71. The molecule has 0 saturated carbocycles. The molecule has 2 N–H and O–H groups in total. The molecule has 0 unspecified atom stereocenters. The first kappa shape index (κ1) is 16.8. The van der Waals surface area contributed by atoms with Crippen LogP contribution in [0, 0.1) is 6.92 Å². The molecule has 2 amide bonds. The summed E-state index contributed by atoms with van der Waals surface area (Å²) in [7, 11) is 1.61. The number of rotatable bonds is 4. The van der Waals surface area contributed by atoms with Crippen LogP contribution in [0.15, 0.2) is 41.5 Å². The zero-order valence-electron chi connectivity index (χ0n) is 13.7. The first-order valence-electron chi connectivity index (χ1n) is 7.55. The summed E-state index contributed by atoms with van der Waals surface area (Å²) in [6, 6.07) is 8.99. The highest BCUT2D eigenvalue weighted by atomic mass is 32.1. The van der Waals surface area contributed by atoms with Crippen LogP contribution >= 0.6 is 11.3 Å². The third kappa shape index (κ3) is 3.43. The van der Waals surface area contributed by atoms with E-state index in [1.807, 2.05) is 18.2 Å². The summed E-state index contributed by atoms with van der Waals surface area (Å²) < 4.78 is 1.37. The van der Waals surface area contributed by atoms with Crippen LogP contribution in [0.3, 0.4) is 0 Å². The van der Waals surface area contributed by atoms with Crippen LogP contribution in [-0.4, -0.2) is 27.9 Å². The molecule has 2 heterocycles. The minimum absolute atomic E-state index is 0.160. The van der Waals surface area contributed by atoms with E-state index >= 15 is 0 Å². The molecule has 3 rings (SSSR count). The van der Waals surface area contributed by atoms with Gasteiger partial charge >= 0.3 is 0 Å². The molecule has 0 aliphatic heterocycles. The molecule has 128 valence electrons. The van der Waals surface area contributed by atoms with Crippen molar-refractivity contribution in [2.24, 2.45) is 7.05 Å². The molecule has 2 aromatic heterocycles. The lowest BCUT2D eigenvalue weighted by Gasteiger charge is -2.06. The summed E-state index contributed by atoms with van der Waals surface area (Å²) in [5.74, 6) is -0.724. The Morgan fingerprint density at radius 3 is 2.68 bits per heavy atom. The number of benzene rings is 1. The first-order valence-corrected chi connectivity index (χ1v) is 8.37. The van der Waals surface area contributed by atoms with Crippen LogP contribution in [0.5, 0.6) is 0 Å². The van der Waals surface area contributed by atoms with Crippen LogP contribution in [0.2, 0.25) is 0 Å². The molecule has 0 atom stereocenters. The number of aromatic nitrogens is 2. The molecule has 0 radical (unpaired) electrons. The molecule has 8 heteroatoms. The number of carbonyl (C=O) groups excluding carboxylic acids is 2. The Bertz CT molecular complexity index is 1010. The molecule has 7 nitrogen and oxygen atoms in total. The van der Waals surface area contributed by atoms with E-state index in [0.717, 1.165) is 11.3 Å². The zero-order valence-corrected chi connectivity index (χ0v) is 14.5. The first-order chi connectivity index (χ1) is 12.0. The molecule has 25 heavy (non-hydrogen) atoms. The minimum Gasteiger partial charge on any atom is -0.342 e. The topological polar surface area (TPSA) is 93.1 Å². The fourth-order valence-electron chi connectivity index (χ4n) is 2.39. The van der Waals surface area contributed by atoms with E-state index in [9.17, 15) is 14.4 Å². The number of para-hydroxylation sites is 1. The van der Waals surface area contributed by atoms with E-state index in [4.69, 9.17) is 0 Å².